The van der Waals surface area contributed by atoms with Gasteiger partial charge in [0, 0.05) is 32.4 Å². The largest absolute Gasteiger partial charge is 0.487 e. The minimum atomic E-state index is -0.517. The predicted octanol–water partition coefficient (Wildman–Crippen LogP) is 4.73. The molecule has 2 heterocycles. The second kappa shape index (κ2) is 10.2. The summed E-state index contributed by atoms with van der Waals surface area (Å²) in [6.07, 6.45) is -0.249. The van der Waals surface area contributed by atoms with Gasteiger partial charge in [-0.1, -0.05) is 20.8 Å². The number of aryl methyl sites for hydroxylation is 1. The van der Waals surface area contributed by atoms with Gasteiger partial charge in [0.2, 0.25) is 0 Å². The maximum atomic E-state index is 12.9. The van der Waals surface area contributed by atoms with E-state index in [0.29, 0.717) is 18.8 Å². The van der Waals surface area contributed by atoms with Gasteiger partial charge in [-0.3, -0.25) is 4.68 Å². The van der Waals surface area contributed by atoms with Crippen molar-refractivity contribution in [3.63, 3.8) is 0 Å². The molecule has 0 aliphatic carbocycles. The Kier molecular flexibility index (Phi) is 7.87. The van der Waals surface area contributed by atoms with Crippen molar-refractivity contribution in [2.24, 2.45) is 12.5 Å². The molecule has 3 rings (SSSR count). The van der Waals surface area contributed by atoms with Crippen LogP contribution < -0.4 is 9.64 Å². The van der Waals surface area contributed by atoms with Gasteiger partial charge in [-0.05, 0) is 66.4 Å². The number of carbonyl (C=O) groups is 1. The van der Waals surface area contributed by atoms with Gasteiger partial charge >= 0.3 is 6.09 Å². The highest BCUT2D eigenvalue weighted by Gasteiger charge is 2.39. The van der Waals surface area contributed by atoms with E-state index in [1.54, 1.807) is 11.7 Å². The number of hydrogen-bond donors (Lipinski definition) is 1. The molecule has 1 amide bonds. The molecule has 9 heteroatoms. The molecular formula is C25H37BrN4O4. The molecule has 1 aliphatic rings. The molecule has 1 aromatic heterocycles. The summed E-state index contributed by atoms with van der Waals surface area (Å²) in [5.41, 5.74) is 1.93. The first-order valence-electron chi connectivity index (χ1n) is 11.6. The Bertz CT molecular complexity index is 992. The maximum absolute atomic E-state index is 12.9. The zero-order valence-corrected chi connectivity index (χ0v) is 22.8. The molecule has 1 aromatic carbocycles. The Morgan fingerprint density at radius 1 is 1.15 bits per heavy atom. The molecule has 1 N–H and O–H groups in total. The molecular weight excluding hydrogens is 500 g/mol. The summed E-state index contributed by atoms with van der Waals surface area (Å²) in [5.74, 6) is 0.742. The van der Waals surface area contributed by atoms with Gasteiger partial charge in [0.25, 0.3) is 0 Å². The van der Waals surface area contributed by atoms with Crippen molar-refractivity contribution in [2.45, 2.75) is 66.4 Å². The zero-order valence-electron chi connectivity index (χ0n) is 21.3. The van der Waals surface area contributed by atoms with Crippen LogP contribution in [0, 0.1) is 5.41 Å². The van der Waals surface area contributed by atoms with Crippen LogP contribution in [0.2, 0.25) is 0 Å². The van der Waals surface area contributed by atoms with Gasteiger partial charge in [-0.15, -0.1) is 0 Å². The first kappa shape index (κ1) is 26.3. The minimum Gasteiger partial charge on any atom is -0.487 e. The van der Waals surface area contributed by atoms with E-state index in [-0.39, 0.29) is 24.2 Å². The van der Waals surface area contributed by atoms with Gasteiger partial charge in [-0.25, -0.2) is 4.79 Å². The Labute approximate surface area is 210 Å². The summed E-state index contributed by atoms with van der Waals surface area (Å²) >= 11 is 3.49. The van der Waals surface area contributed by atoms with Gasteiger partial charge in [0.05, 0.1) is 22.8 Å². The minimum absolute atomic E-state index is 0.0225. The third-order valence-corrected chi connectivity index (χ3v) is 6.82. The lowest BCUT2D eigenvalue weighted by atomic mass is 9.84. The quantitative estimate of drug-likeness (QED) is 0.595. The number of rotatable bonds is 5. The van der Waals surface area contributed by atoms with Crippen molar-refractivity contribution >= 4 is 27.7 Å². The number of piperazine rings is 1. The fourth-order valence-corrected chi connectivity index (χ4v) is 4.64. The van der Waals surface area contributed by atoms with Crippen molar-refractivity contribution < 1.29 is 19.4 Å². The van der Waals surface area contributed by atoms with Crippen molar-refractivity contribution in [1.82, 2.24) is 14.7 Å². The van der Waals surface area contributed by atoms with E-state index in [1.165, 1.54) is 0 Å². The number of hydrogen-bond acceptors (Lipinski definition) is 6. The van der Waals surface area contributed by atoms with Crippen LogP contribution in [0.25, 0.3) is 0 Å². The molecule has 1 unspecified atom stereocenters. The Hall–Kier alpha value is -2.26. The summed E-state index contributed by atoms with van der Waals surface area (Å²) in [5, 5.41) is 13.8. The first-order chi connectivity index (χ1) is 15.8. The number of halogens is 1. The number of amides is 1. The van der Waals surface area contributed by atoms with Crippen molar-refractivity contribution in [3.8, 4) is 5.75 Å². The molecule has 1 saturated heterocycles. The number of ether oxygens (including phenoxy) is 2. The number of aliphatic hydroxyl groups excluding tert-OH is 1. The van der Waals surface area contributed by atoms with Crippen LogP contribution in [-0.2, 0) is 25.0 Å². The van der Waals surface area contributed by atoms with Gasteiger partial charge in [0.15, 0.2) is 0 Å². The summed E-state index contributed by atoms with van der Waals surface area (Å²) < 4.78 is 14.0. The maximum Gasteiger partial charge on any atom is 0.410 e. The third kappa shape index (κ3) is 6.24. The average molecular weight is 537 g/mol. The normalized spacial score (nSPS) is 17.1. The van der Waals surface area contributed by atoms with Crippen LogP contribution in [0.15, 0.2) is 28.7 Å². The summed E-state index contributed by atoms with van der Waals surface area (Å²) in [7, 11) is 1.79. The molecule has 8 nitrogen and oxygen atoms in total. The topological polar surface area (TPSA) is 80.1 Å². The number of anilines is 1. The number of benzene rings is 1. The van der Waals surface area contributed by atoms with E-state index in [1.807, 2.05) is 49.9 Å². The van der Waals surface area contributed by atoms with Crippen LogP contribution in [0.5, 0.6) is 5.75 Å². The lowest BCUT2D eigenvalue weighted by Gasteiger charge is -2.47. The number of aromatic nitrogens is 2. The molecule has 1 aliphatic heterocycles. The van der Waals surface area contributed by atoms with Crippen molar-refractivity contribution in [2.75, 3.05) is 24.5 Å². The molecule has 0 radical (unpaired) electrons. The highest BCUT2D eigenvalue weighted by molar-refractivity contribution is 9.10. The molecule has 1 fully saturated rings. The van der Waals surface area contributed by atoms with Gasteiger partial charge < -0.3 is 24.4 Å². The molecule has 34 heavy (non-hydrogen) atoms. The number of aliphatic hydroxyl groups is 1. The van der Waals surface area contributed by atoms with E-state index in [0.717, 1.165) is 34.7 Å². The monoisotopic (exact) mass is 536 g/mol. The van der Waals surface area contributed by atoms with Crippen LogP contribution in [0.1, 0.15) is 52.9 Å². The van der Waals surface area contributed by atoms with Crippen LogP contribution in [0.3, 0.4) is 0 Å². The van der Waals surface area contributed by atoms with Crippen LogP contribution in [-0.4, -0.2) is 57.2 Å². The predicted molar refractivity (Wildman–Crippen MR) is 136 cm³/mol. The summed E-state index contributed by atoms with van der Waals surface area (Å²) in [6.45, 7) is 14.5. The molecule has 2 aromatic rings. The molecule has 188 valence electrons. The second-order valence-corrected chi connectivity index (χ2v) is 11.6. The summed E-state index contributed by atoms with van der Waals surface area (Å²) in [6, 6.07) is 8.02. The van der Waals surface area contributed by atoms with Crippen molar-refractivity contribution in [1.29, 1.82) is 0 Å². The lowest BCUT2D eigenvalue weighted by molar-refractivity contribution is -0.000632. The molecule has 0 saturated carbocycles. The van der Waals surface area contributed by atoms with Crippen LogP contribution >= 0.6 is 15.9 Å². The van der Waals surface area contributed by atoms with E-state index >= 15 is 0 Å². The van der Waals surface area contributed by atoms with Gasteiger partial charge in [-0.2, -0.15) is 5.10 Å². The average Bonchev–Trinajstić information content (AvgIpc) is 3.02. The molecule has 1 atom stereocenters. The second-order valence-electron chi connectivity index (χ2n) is 10.8. The van der Waals surface area contributed by atoms with E-state index in [9.17, 15) is 9.90 Å². The Balaban J connectivity index is 1.67. The number of nitrogens with zero attached hydrogens (tertiary/aromatic N) is 4. The van der Waals surface area contributed by atoms with Gasteiger partial charge in [0.1, 0.15) is 23.7 Å². The summed E-state index contributed by atoms with van der Waals surface area (Å²) in [4.78, 5) is 17.0. The standard InChI is InChI=1S/C25H37BrN4O4/c1-24(2,3)21-14-29(12-13-30(21)23(32)34-25(4,5)6)17-8-10-18(11-9-17)33-16-19-22(26)20(15-31)28(7)27-19/h8-11,21,31H,12-16H2,1-7H3. The fraction of sp³-hybridized carbons (Fsp3) is 0.600. The lowest BCUT2D eigenvalue weighted by Crippen LogP contribution is -2.60. The zero-order chi connectivity index (χ0) is 25.3. The first-order valence-corrected chi connectivity index (χ1v) is 12.4. The highest BCUT2D eigenvalue weighted by atomic mass is 79.9. The highest BCUT2D eigenvalue weighted by Crippen LogP contribution is 2.32. The van der Waals surface area contributed by atoms with E-state index < -0.39 is 5.60 Å². The fourth-order valence-electron chi connectivity index (χ4n) is 4.06. The molecule has 0 bridgehead atoms. The SMILES string of the molecule is Cn1nc(COc2ccc(N3CCN(C(=O)OC(C)(C)C)C(C(C)(C)C)C3)cc2)c(Br)c1CO. The Morgan fingerprint density at radius 3 is 2.32 bits per heavy atom. The van der Waals surface area contributed by atoms with Crippen molar-refractivity contribution in [3.05, 3.63) is 40.1 Å². The number of carbonyl (C=O) groups excluding carboxylic acids is 1. The third-order valence-electron chi connectivity index (χ3n) is 5.90. The van der Waals surface area contributed by atoms with E-state index in [4.69, 9.17) is 9.47 Å². The Morgan fingerprint density at radius 2 is 1.79 bits per heavy atom. The molecule has 0 spiro atoms. The van der Waals surface area contributed by atoms with Crippen LogP contribution in [0.4, 0.5) is 10.5 Å². The smallest absolute Gasteiger partial charge is 0.410 e. The van der Waals surface area contributed by atoms with E-state index in [2.05, 4.69) is 46.7 Å².